The van der Waals surface area contributed by atoms with Gasteiger partial charge in [-0.25, -0.2) is 0 Å². The number of nitrogens with one attached hydrogen (secondary N) is 1. The highest BCUT2D eigenvalue weighted by Crippen LogP contribution is 2.31. The summed E-state index contributed by atoms with van der Waals surface area (Å²) in [5.41, 5.74) is 1.95. The summed E-state index contributed by atoms with van der Waals surface area (Å²) in [6.07, 6.45) is 3.42. The van der Waals surface area contributed by atoms with E-state index in [1.54, 1.807) is 26.2 Å². The molecular formula is C23H26N6OS. The Bertz CT molecular complexity index is 1100. The van der Waals surface area contributed by atoms with E-state index in [0.29, 0.717) is 11.0 Å². The largest absolute Gasteiger partial charge is 0.337 e. The average molecular weight is 435 g/mol. The predicted molar refractivity (Wildman–Crippen MR) is 122 cm³/mol. The summed E-state index contributed by atoms with van der Waals surface area (Å²) in [5, 5.41) is 21.4. The zero-order chi connectivity index (χ0) is 22.6. The number of pyridine rings is 1. The summed E-state index contributed by atoms with van der Waals surface area (Å²) in [6.45, 7) is 9.40. The molecule has 0 unspecified atom stereocenters. The Hall–Kier alpha value is -3.18. The molecule has 1 aromatic carbocycles. The van der Waals surface area contributed by atoms with Crippen molar-refractivity contribution >= 4 is 17.7 Å². The summed E-state index contributed by atoms with van der Waals surface area (Å²) < 4.78 is 1.96. The van der Waals surface area contributed by atoms with Crippen LogP contribution >= 0.6 is 11.8 Å². The van der Waals surface area contributed by atoms with Crippen LogP contribution in [0.1, 0.15) is 33.3 Å². The molecule has 7 nitrogen and oxygen atoms in total. The Balaban J connectivity index is 1.97. The van der Waals surface area contributed by atoms with Gasteiger partial charge in [0, 0.05) is 18.0 Å². The lowest BCUT2D eigenvalue weighted by atomic mass is 9.90. The van der Waals surface area contributed by atoms with Crippen molar-refractivity contribution in [3.8, 4) is 23.1 Å². The van der Waals surface area contributed by atoms with Gasteiger partial charge in [0.1, 0.15) is 5.54 Å². The highest BCUT2D eigenvalue weighted by atomic mass is 32.2. The molecule has 3 rings (SSSR count). The molecular weight excluding hydrogens is 408 g/mol. The smallest absolute Gasteiger partial charge is 0.234 e. The molecule has 2 aromatic heterocycles. The Morgan fingerprint density at radius 1 is 1.16 bits per heavy atom. The van der Waals surface area contributed by atoms with Crippen LogP contribution < -0.4 is 5.32 Å². The Labute approximate surface area is 186 Å². The van der Waals surface area contributed by atoms with Crippen molar-refractivity contribution in [3.05, 3.63) is 54.4 Å². The summed E-state index contributed by atoms with van der Waals surface area (Å²) in [5.74, 6) is 0.441. The van der Waals surface area contributed by atoms with Crippen LogP contribution in [0.4, 0.5) is 0 Å². The van der Waals surface area contributed by atoms with Gasteiger partial charge in [-0.2, -0.15) is 5.26 Å². The molecule has 0 aliphatic rings. The zero-order valence-electron chi connectivity index (χ0n) is 18.3. The molecule has 0 spiro atoms. The van der Waals surface area contributed by atoms with Gasteiger partial charge in [-0.15, -0.1) is 10.2 Å². The fourth-order valence-corrected chi connectivity index (χ4v) is 3.80. The number of carbonyl (C=O) groups is 1. The van der Waals surface area contributed by atoms with E-state index in [1.165, 1.54) is 11.8 Å². The number of carbonyl (C=O) groups excluding carboxylic acids is 1. The molecule has 0 aliphatic carbocycles. The van der Waals surface area contributed by atoms with Crippen LogP contribution in [0.25, 0.3) is 17.1 Å². The van der Waals surface area contributed by atoms with E-state index >= 15 is 0 Å². The zero-order valence-corrected chi connectivity index (χ0v) is 19.1. The van der Waals surface area contributed by atoms with E-state index in [1.807, 2.05) is 61.7 Å². The first-order valence-corrected chi connectivity index (χ1v) is 11.0. The van der Waals surface area contributed by atoms with Gasteiger partial charge in [0.15, 0.2) is 11.0 Å². The minimum absolute atomic E-state index is 0.0208. The number of thioether (sulfide) groups is 1. The molecule has 0 bridgehead atoms. The van der Waals surface area contributed by atoms with Crippen molar-refractivity contribution in [1.29, 1.82) is 5.26 Å². The number of aryl methyl sites for hydroxylation is 1. The maximum Gasteiger partial charge on any atom is 0.234 e. The molecule has 0 saturated carbocycles. The summed E-state index contributed by atoms with van der Waals surface area (Å²) in [4.78, 5) is 17.0. The monoisotopic (exact) mass is 434 g/mol. The van der Waals surface area contributed by atoms with Crippen LogP contribution in [0.5, 0.6) is 0 Å². The third kappa shape index (κ3) is 4.78. The Morgan fingerprint density at radius 3 is 2.45 bits per heavy atom. The standard InChI is InChI=1S/C23H26N6OS/c1-15(2)23(5,14-24)26-21(30)17(4)31-22-28-27-20(18-10-12-25-13-11-18)29(22)19-9-7-6-8-16(19)3/h6-13,15,17H,1-5H3,(H,26,30)/t17-,23-/m1/s1. The number of aromatic nitrogens is 4. The second-order valence-corrected chi connectivity index (χ2v) is 9.19. The van der Waals surface area contributed by atoms with Crippen molar-refractivity contribution in [3.63, 3.8) is 0 Å². The van der Waals surface area contributed by atoms with Crippen LogP contribution in [0.3, 0.4) is 0 Å². The minimum Gasteiger partial charge on any atom is -0.337 e. The SMILES string of the molecule is Cc1ccccc1-n1c(S[C@H](C)C(=O)N[C@](C)(C#N)C(C)C)nnc1-c1ccncc1. The number of nitrogens with zero attached hydrogens (tertiary/aromatic N) is 5. The van der Waals surface area contributed by atoms with Crippen LogP contribution in [-0.2, 0) is 4.79 Å². The molecule has 0 aliphatic heterocycles. The molecule has 0 radical (unpaired) electrons. The Morgan fingerprint density at radius 2 is 1.84 bits per heavy atom. The molecule has 1 N–H and O–H groups in total. The van der Waals surface area contributed by atoms with E-state index in [0.717, 1.165) is 16.8 Å². The lowest BCUT2D eigenvalue weighted by Crippen LogP contribution is -2.51. The van der Waals surface area contributed by atoms with Gasteiger partial charge in [0.25, 0.3) is 0 Å². The third-order valence-corrected chi connectivity index (χ3v) is 6.39. The second-order valence-electron chi connectivity index (χ2n) is 7.88. The normalized spacial score (nSPS) is 14.0. The lowest BCUT2D eigenvalue weighted by molar-refractivity contribution is -0.121. The average Bonchev–Trinajstić information content (AvgIpc) is 3.17. The van der Waals surface area contributed by atoms with E-state index in [2.05, 4.69) is 26.6 Å². The first kappa shape index (κ1) is 22.5. The quantitative estimate of drug-likeness (QED) is 0.561. The third-order valence-electron chi connectivity index (χ3n) is 5.35. The number of hydrogen-bond acceptors (Lipinski definition) is 6. The first-order valence-electron chi connectivity index (χ1n) is 10.1. The van der Waals surface area contributed by atoms with Gasteiger partial charge < -0.3 is 5.32 Å². The number of amides is 1. The minimum atomic E-state index is -0.933. The van der Waals surface area contributed by atoms with Crippen LogP contribution in [0.2, 0.25) is 0 Å². The number of rotatable bonds is 7. The van der Waals surface area contributed by atoms with Crippen LogP contribution in [-0.4, -0.2) is 36.4 Å². The fourth-order valence-electron chi connectivity index (χ4n) is 2.94. The molecule has 0 fully saturated rings. The first-order chi connectivity index (χ1) is 14.8. The molecule has 2 heterocycles. The number of hydrogen-bond donors (Lipinski definition) is 1. The van der Waals surface area contributed by atoms with E-state index in [4.69, 9.17) is 0 Å². The maximum absolute atomic E-state index is 12.9. The van der Waals surface area contributed by atoms with Gasteiger partial charge in [0.2, 0.25) is 5.91 Å². The second kappa shape index (κ2) is 9.31. The van der Waals surface area contributed by atoms with E-state index < -0.39 is 10.8 Å². The molecule has 8 heteroatoms. The summed E-state index contributed by atoms with van der Waals surface area (Å²) in [6, 6.07) is 13.9. The fraction of sp³-hybridized carbons (Fsp3) is 0.348. The van der Waals surface area contributed by atoms with Crippen molar-refractivity contribution in [1.82, 2.24) is 25.1 Å². The van der Waals surface area contributed by atoms with E-state index in [9.17, 15) is 10.1 Å². The van der Waals surface area contributed by atoms with Crippen molar-refractivity contribution in [2.24, 2.45) is 5.92 Å². The van der Waals surface area contributed by atoms with Crippen molar-refractivity contribution in [2.45, 2.75) is 50.6 Å². The van der Waals surface area contributed by atoms with Gasteiger partial charge in [0.05, 0.1) is 17.0 Å². The Kier molecular flexibility index (Phi) is 6.76. The van der Waals surface area contributed by atoms with Crippen LogP contribution in [0, 0.1) is 24.2 Å². The lowest BCUT2D eigenvalue weighted by Gasteiger charge is -2.28. The molecule has 160 valence electrons. The molecule has 3 aromatic rings. The number of benzene rings is 1. The highest BCUT2D eigenvalue weighted by Gasteiger charge is 2.32. The van der Waals surface area contributed by atoms with Gasteiger partial charge in [-0.3, -0.25) is 14.3 Å². The van der Waals surface area contributed by atoms with Crippen LogP contribution in [0.15, 0.2) is 53.9 Å². The number of para-hydroxylation sites is 1. The molecule has 2 atom stereocenters. The maximum atomic E-state index is 12.9. The topological polar surface area (TPSA) is 96.5 Å². The summed E-state index contributed by atoms with van der Waals surface area (Å²) >= 11 is 1.31. The number of nitriles is 1. The van der Waals surface area contributed by atoms with Gasteiger partial charge in [-0.1, -0.05) is 43.8 Å². The summed E-state index contributed by atoms with van der Waals surface area (Å²) in [7, 11) is 0. The molecule has 0 saturated heterocycles. The van der Waals surface area contributed by atoms with Gasteiger partial charge in [-0.05, 0) is 50.5 Å². The van der Waals surface area contributed by atoms with Crippen molar-refractivity contribution < 1.29 is 4.79 Å². The van der Waals surface area contributed by atoms with E-state index in [-0.39, 0.29) is 11.8 Å². The van der Waals surface area contributed by atoms with Crippen molar-refractivity contribution in [2.75, 3.05) is 0 Å². The van der Waals surface area contributed by atoms with Gasteiger partial charge >= 0.3 is 0 Å². The molecule has 31 heavy (non-hydrogen) atoms. The molecule has 1 amide bonds. The predicted octanol–water partition coefficient (Wildman–Crippen LogP) is 4.17. The highest BCUT2D eigenvalue weighted by molar-refractivity contribution is 8.00.